The molecular formula is C25H31N7. The van der Waals surface area contributed by atoms with Gasteiger partial charge >= 0.3 is 0 Å². The molecular weight excluding hydrogens is 398 g/mol. The molecule has 2 aliphatic rings. The van der Waals surface area contributed by atoms with E-state index in [4.69, 9.17) is 0 Å². The molecule has 0 amide bonds. The molecule has 3 aromatic rings. The molecule has 32 heavy (non-hydrogen) atoms. The lowest BCUT2D eigenvalue weighted by atomic mass is 10.1. The van der Waals surface area contributed by atoms with E-state index in [0.717, 1.165) is 77.1 Å². The lowest BCUT2D eigenvalue weighted by Gasteiger charge is -2.37. The third kappa shape index (κ3) is 5.06. The van der Waals surface area contributed by atoms with Crippen LogP contribution in [0.1, 0.15) is 11.1 Å². The van der Waals surface area contributed by atoms with E-state index in [2.05, 4.69) is 71.1 Å². The van der Waals surface area contributed by atoms with Crippen LogP contribution in [0.4, 0.5) is 11.6 Å². The topological polar surface area (TPSA) is 51.6 Å². The first-order valence-corrected chi connectivity index (χ1v) is 11.5. The second-order valence-electron chi connectivity index (χ2n) is 8.55. The van der Waals surface area contributed by atoms with E-state index in [0.29, 0.717) is 0 Å². The maximum Gasteiger partial charge on any atom is 0.128 e. The van der Waals surface area contributed by atoms with Crippen LogP contribution in [0.25, 0.3) is 0 Å². The minimum Gasteiger partial charge on any atom is -0.354 e. The molecule has 5 rings (SSSR count). The average Bonchev–Trinajstić information content (AvgIpc) is 2.87. The van der Waals surface area contributed by atoms with Gasteiger partial charge in [-0.3, -0.25) is 14.8 Å². The van der Waals surface area contributed by atoms with E-state index in [1.165, 1.54) is 11.1 Å². The Balaban J connectivity index is 1.15. The summed E-state index contributed by atoms with van der Waals surface area (Å²) in [5, 5.41) is 0. The van der Waals surface area contributed by atoms with E-state index in [-0.39, 0.29) is 0 Å². The van der Waals surface area contributed by atoms with Gasteiger partial charge in [0.15, 0.2) is 0 Å². The van der Waals surface area contributed by atoms with Crippen LogP contribution in [0.3, 0.4) is 0 Å². The van der Waals surface area contributed by atoms with Gasteiger partial charge in [-0.2, -0.15) is 0 Å². The third-order valence-electron chi connectivity index (χ3n) is 6.48. The largest absolute Gasteiger partial charge is 0.354 e. The number of rotatable bonds is 6. The number of piperazine rings is 2. The highest BCUT2D eigenvalue weighted by atomic mass is 15.3. The minimum absolute atomic E-state index is 0.965. The highest BCUT2D eigenvalue weighted by Crippen LogP contribution is 2.19. The summed E-state index contributed by atoms with van der Waals surface area (Å²) >= 11 is 0. The van der Waals surface area contributed by atoms with Crippen molar-refractivity contribution in [2.24, 2.45) is 0 Å². The summed E-state index contributed by atoms with van der Waals surface area (Å²) in [6.45, 7) is 10.2. The van der Waals surface area contributed by atoms with E-state index in [9.17, 15) is 0 Å². The van der Waals surface area contributed by atoms with Crippen LogP contribution < -0.4 is 9.80 Å². The van der Waals surface area contributed by atoms with Crippen molar-refractivity contribution in [3.8, 4) is 0 Å². The SMILES string of the molecule is c1ccc(N2CCN(Cc3ccncc3CN3CCN(c4ccccn4)CC3)CC2)nc1. The molecule has 2 aliphatic heterocycles. The molecule has 0 radical (unpaired) electrons. The first kappa shape index (κ1) is 20.8. The molecule has 0 unspecified atom stereocenters. The fourth-order valence-corrected chi connectivity index (χ4v) is 4.59. The zero-order valence-electron chi connectivity index (χ0n) is 18.6. The van der Waals surface area contributed by atoms with Crippen LogP contribution in [0.5, 0.6) is 0 Å². The molecule has 5 heterocycles. The Labute approximate surface area is 190 Å². The van der Waals surface area contributed by atoms with Gasteiger partial charge in [0.2, 0.25) is 0 Å². The Hall–Kier alpha value is -3.03. The van der Waals surface area contributed by atoms with E-state index in [1.54, 1.807) is 0 Å². The summed E-state index contributed by atoms with van der Waals surface area (Å²) in [4.78, 5) is 23.3. The number of anilines is 2. The van der Waals surface area contributed by atoms with E-state index >= 15 is 0 Å². The lowest BCUT2D eigenvalue weighted by molar-refractivity contribution is 0.236. The highest BCUT2D eigenvalue weighted by molar-refractivity contribution is 5.39. The van der Waals surface area contributed by atoms with Crippen molar-refractivity contribution >= 4 is 11.6 Å². The average molecular weight is 430 g/mol. The molecule has 0 spiro atoms. The number of hydrogen-bond donors (Lipinski definition) is 0. The summed E-state index contributed by atoms with van der Waals surface area (Å²) < 4.78 is 0. The van der Waals surface area contributed by atoms with Gasteiger partial charge in [0.1, 0.15) is 11.6 Å². The Morgan fingerprint density at radius 2 is 1.09 bits per heavy atom. The Morgan fingerprint density at radius 1 is 0.562 bits per heavy atom. The van der Waals surface area contributed by atoms with E-state index < -0.39 is 0 Å². The van der Waals surface area contributed by atoms with E-state index in [1.807, 2.05) is 30.7 Å². The van der Waals surface area contributed by atoms with Gasteiger partial charge in [-0.15, -0.1) is 0 Å². The Bertz CT molecular complexity index is 885. The molecule has 0 aromatic carbocycles. The minimum atomic E-state index is 0.965. The summed E-state index contributed by atoms with van der Waals surface area (Å²) in [5.74, 6) is 2.17. The van der Waals surface area contributed by atoms with Crippen molar-refractivity contribution in [2.75, 3.05) is 62.2 Å². The molecule has 0 N–H and O–H groups in total. The maximum atomic E-state index is 4.50. The fourth-order valence-electron chi connectivity index (χ4n) is 4.59. The lowest BCUT2D eigenvalue weighted by Crippen LogP contribution is -2.47. The maximum absolute atomic E-state index is 4.50. The summed E-state index contributed by atoms with van der Waals surface area (Å²) in [6, 6.07) is 14.5. The van der Waals surface area contributed by atoms with Crippen LogP contribution >= 0.6 is 0 Å². The standard InChI is InChI=1S/C25H31N7/c1-3-8-27-24(5-1)31-15-11-29(12-16-31)20-22-7-10-26-19-23(22)21-30-13-17-32(18-14-30)25-6-2-4-9-28-25/h1-10,19H,11-18,20-21H2. The zero-order valence-corrected chi connectivity index (χ0v) is 18.6. The molecule has 0 bridgehead atoms. The van der Waals surface area contributed by atoms with Crippen LogP contribution in [0.2, 0.25) is 0 Å². The number of pyridine rings is 3. The van der Waals surface area contributed by atoms with Gasteiger partial charge < -0.3 is 9.80 Å². The zero-order chi connectivity index (χ0) is 21.6. The number of hydrogen-bond acceptors (Lipinski definition) is 7. The van der Waals surface area contributed by atoms with Crippen LogP contribution in [-0.2, 0) is 13.1 Å². The van der Waals surface area contributed by atoms with Crippen molar-refractivity contribution < 1.29 is 0 Å². The van der Waals surface area contributed by atoms with Crippen LogP contribution in [0.15, 0.2) is 67.3 Å². The van der Waals surface area contributed by atoms with Gasteiger partial charge in [0.25, 0.3) is 0 Å². The van der Waals surface area contributed by atoms with Gasteiger partial charge in [-0.25, -0.2) is 9.97 Å². The van der Waals surface area contributed by atoms with Gasteiger partial charge in [-0.05, 0) is 41.5 Å². The quantitative estimate of drug-likeness (QED) is 0.597. The first-order valence-electron chi connectivity index (χ1n) is 11.5. The van der Waals surface area contributed by atoms with Crippen LogP contribution in [0, 0.1) is 0 Å². The molecule has 0 atom stereocenters. The Kier molecular flexibility index (Phi) is 6.55. The molecule has 2 fully saturated rings. The molecule has 2 saturated heterocycles. The molecule has 0 aliphatic carbocycles. The van der Waals surface area contributed by atoms with Gasteiger partial charge in [-0.1, -0.05) is 12.1 Å². The second-order valence-corrected chi connectivity index (χ2v) is 8.55. The number of aromatic nitrogens is 3. The third-order valence-corrected chi connectivity index (χ3v) is 6.48. The fraction of sp³-hybridized carbons (Fsp3) is 0.400. The summed E-state index contributed by atoms with van der Waals surface area (Å²) in [7, 11) is 0. The molecule has 7 heteroatoms. The van der Waals surface area contributed by atoms with Crippen molar-refractivity contribution in [1.82, 2.24) is 24.8 Å². The predicted molar refractivity (Wildman–Crippen MR) is 128 cm³/mol. The molecule has 3 aromatic heterocycles. The molecule has 166 valence electrons. The first-order chi connectivity index (χ1) is 15.8. The molecule has 7 nitrogen and oxygen atoms in total. The monoisotopic (exact) mass is 429 g/mol. The second kappa shape index (κ2) is 10.1. The Morgan fingerprint density at radius 3 is 1.59 bits per heavy atom. The van der Waals surface area contributed by atoms with Gasteiger partial charge in [0, 0.05) is 90.2 Å². The number of nitrogens with zero attached hydrogens (tertiary/aromatic N) is 7. The highest BCUT2D eigenvalue weighted by Gasteiger charge is 2.21. The van der Waals surface area contributed by atoms with Crippen molar-refractivity contribution in [2.45, 2.75) is 13.1 Å². The summed E-state index contributed by atoms with van der Waals surface area (Å²) in [6.07, 6.45) is 7.74. The normalized spacial score (nSPS) is 18.1. The van der Waals surface area contributed by atoms with Crippen molar-refractivity contribution in [3.63, 3.8) is 0 Å². The van der Waals surface area contributed by atoms with Crippen molar-refractivity contribution in [3.05, 3.63) is 78.4 Å². The summed E-state index contributed by atoms with van der Waals surface area (Å²) in [5.41, 5.74) is 2.75. The van der Waals surface area contributed by atoms with Gasteiger partial charge in [0.05, 0.1) is 0 Å². The smallest absolute Gasteiger partial charge is 0.128 e. The van der Waals surface area contributed by atoms with Crippen LogP contribution in [-0.4, -0.2) is 77.1 Å². The van der Waals surface area contributed by atoms with Crippen molar-refractivity contribution in [1.29, 1.82) is 0 Å². The molecule has 0 saturated carbocycles. The predicted octanol–water partition coefficient (Wildman–Crippen LogP) is 2.52.